The summed E-state index contributed by atoms with van der Waals surface area (Å²) in [5.74, 6) is -1.60. The molecular formula is C25H30Cl3N3O4. The van der Waals surface area contributed by atoms with E-state index in [1.165, 1.54) is 11.1 Å². The zero-order valence-electron chi connectivity index (χ0n) is 20.3. The second kappa shape index (κ2) is 10.5. The molecule has 1 heterocycles. The number of carbonyl (C=O) groups is 3. The van der Waals surface area contributed by atoms with Gasteiger partial charge in [0.1, 0.15) is 5.15 Å². The molecule has 0 unspecified atom stereocenters. The number of benzene rings is 1. The standard InChI is InChI=1S/C25H30Cl3N3O4/c1-24(2,3)14-30(13-19(32)20-17(26)6-5-7-18(20)27)22(33)16-12-29-31(21(16)28)15-8-10-25(4,11-9-15)23(34)35/h5-7,12,15H,8-11,13-14H2,1-4H3,(H,34,35)/t15-,25-. The van der Waals surface area contributed by atoms with Crippen molar-refractivity contribution in [3.05, 3.63) is 50.7 Å². The van der Waals surface area contributed by atoms with Crippen LogP contribution in [0.3, 0.4) is 0 Å². The summed E-state index contributed by atoms with van der Waals surface area (Å²) in [5, 5.41) is 14.5. The summed E-state index contributed by atoms with van der Waals surface area (Å²) < 4.78 is 1.60. The zero-order chi connectivity index (χ0) is 26.1. The van der Waals surface area contributed by atoms with Crippen LogP contribution in [0, 0.1) is 10.8 Å². The lowest BCUT2D eigenvalue weighted by Crippen LogP contribution is -2.41. The fourth-order valence-electron chi connectivity index (χ4n) is 4.40. The number of carbonyl (C=O) groups excluding carboxylic acids is 2. The Morgan fingerprint density at radius 2 is 1.71 bits per heavy atom. The molecule has 1 aliphatic rings. The number of carboxylic acid groups (broad SMARTS) is 1. The van der Waals surface area contributed by atoms with E-state index in [0.29, 0.717) is 32.2 Å². The van der Waals surface area contributed by atoms with Gasteiger partial charge in [-0.05, 0) is 50.2 Å². The molecular weight excluding hydrogens is 513 g/mol. The number of hydrogen-bond donors (Lipinski definition) is 1. The summed E-state index contributed by atoms with van der Waals surface area (Å²) >= 11 is 19.0. The van der Waals surface area contributed by atoms with Crippen LogP contribution in [0.25, 0.3) is 0 Å². The minimum absolute atomic E-state index is 0.101. The third kappa shape index (κ3) is 6.19. The number of ketones is 1. The van der Waals surface area contributed by atoms with Crippen molar-refractivity contribution < 1.29 is 19.5 Å². The molecule has 7 nitrogen and oxygen atoms in total. The second-order valence-electron chi connectivity index (χ2n) is 10.6. The number of carboxylic acids is 1. The van der Waals surface area contributed by atoms with Gasteiger partial charge in [-0.15, -0.1) is 0 Å². The van der Waals surface area contributed by atoms with Crippen LogP contribution < -0.4 is 0 Å². The van der Waals surface area contributed by atoms with Gasteiger partial charge in [0.15, 0.2) is 5.78 Å². The normalized spacial score (nSPS) is 20.5. The van der Waals surface area contributed by atoms with Gasteiger partial charge in [-0.2, -0.15) is 5.10 Å². The third-order valence-electron chi connectivity index (χ3n) is 6.41. The van der Waals surface area contributed by atoms with Gasteiger partial charge in [0.05, 0.1) is 45.4 Å². The maximum atomic E-state index is 13.6. The number of aromatic nitrogens is 2. The molecule has 0 aliphatic heterocycles. The Bertz CT molecular complexity index is 1110. The van der Waals surface area contributed by atoms with E-state index in [2.05, 4.69) is 5.10 Å². The smallest absolute Gasteiger partial charge is 0.309 e. The quantitative estimate of drug-likeness (QED) is 0.408. The van der Waals surface area contributed by atoms with Crippen molar-refractivity contribution in [3.8, 4) is 0 Å². The van der Waals surface area contributed by atoms with Gasteiger partial charge in [0.2, 0.25) is 0 Å². The van der Waals surface area contributed by atoms with Crippen LogP contribution in [-0.4, -0.2) is 50.5 Å². The van der Waals surface area contributed by atoms with Crippen LogP contribution in [0.15, 0.2) is 24.4 Å². The summed E-state index contributed by atoms with van der Waals surface area (Å²) in [6.45, 7) is 7.72. The Labute approximate surface area is 220 Å². The van der Waals surface area contributed by atoms with E-state index in [-0.39, 0.29) is 50.1 Å². The van der Waals surface area contributed by atoms with Crippen molar-refractivity contribution in [2.45, 2.75) is 59.4 Å². The molecule has 0 atom stereocenters. The SMILES string of the molecule is CC(C)(C)CN(CC(=O)c1c(Cl)cccc1Cl)C(=O)c1cnn([C@H]2CC[C@](C)(C(=O)O)CC2)c1Cl. The number of Topliss-reactive ketones (excluding diaryl/α,β-unsaturated/α-hetero) is 1. The molecule has 0 spiro atoms. The minimum Gasteiger partial charge on any atom is -0.481 e. The summed E-state index contributed by atoms with van der Waals surface area (Å²) in [6, 6.07) is 4.71. The van der Waals surface area contributed by atoms with E-state index in [4.69, 9.17) is 34.8 Å². The maximum absolute atomic E-state index is 13.6. The molecule has 1 N–H and O–H groups in total. The van der Waals surface area contributed by atoms with E-state index in [1.54, 1.807) is 29.8 Å². The number of rotatable bonds is 7. The first-order chi connectivity index (χ1) is 16.2. The maximum Gasteiger partial charge on any atom is 0.309 e. The number of aliphatic carboxylic acids is 1. The van der Waals surface area contributed by atoms with Gasteiger partial charge in [-0.25, -0.2) is 0 Å². The molecule has 0 bridgehead atoms. The van der Waals surface area contributed by atoms with E-state index >= 15 is 0 Å². The first-order valence-electron chi connectivity index (χ1n) is 11.5. The van der Waals surface area contributed by atoms with Gasteiger partial charge in [0.25, 0.3) is 5.91 Å². The van der Waals surface area contributed by atoms with E-state index < -0.39 is 17.3 Å². The summed E-state index contributed by atoms with van der Waals surface area (Å²) in [6.07, 6.45) is 3.59. The highest BCUT2D eigenvalue weighted by atomic mass is 35.5. The van der Waals surface area contributed by atoms with Crippen LogP contribution in [0.2, 0.25) is 15.2 Å². The Balaban J connectivity index is 1.84. The Morgan fingerprint density at radius 3 is 2.23 bits per heavy atom. The fraction of sp³-hybridized carbons (Fsp3) is 0.520. The molecule has 1 aromatic heterocycles. The number of halogens is 3. The first kappa shape index (κ1) is 27.5. The van der Waals surface area contributed by atoms with Crippen molar-refractivity contribution in [3.63, 3.8) is 0 Å². The van der Waals surface area contributed by atoms with Gasteiger partial charge < -0.3 is 10.0 Å². The molecule has 1 amide bonds. The third-order valence-corrected chi connectivity index (χ3v) is 7.42. The number of hydrogen-bond acceptors (Lipinski definition) is 4. The van der Waals surface area contributed by atoms with Gasteiger partial charge >= 0.3 is 5.97 Å². The van der Waals surface area contributed by atoms with Crippen molar-refractivity contribution in [1.29, 1.82) is 0 Å². The van der Waals surface area contributed by atoms with E-state index in [1.807, 2.05) is 20.8 Å². The molecule has 190 valence electrons. The zero-order valence-corrected chi connectivity index (χ0v) is 22.5. The Hall–Kier alpha value is -2.09. The van der Waals surface area contributed by atoms with Gasteiger partial charge in [0, 0.05) is 6.54 Å². The lowest BCUT2D eigenvalue weighted by atomic mass is 9.74. The summed E-state index contributed by atoms with van der Waals surface area (Å²) in [5.41, 5.74) is -0.694. The average molecular weight is 543 g/mol. The Morgan fingerprint density at radius 1 is 1.14 bits per heavy atom. The molecule has 0 saturated heterocycles. The van der Waals surface area contributed by atoms with Crippen LogP contribution in [-0.2, 0) is 4.79 Å². The van der Waals surface area contributed by atoms with Crippen LogP contribution in [0.4, 0.5) is 0 Å². The second-order valence-corrected chi connectivity index (χ2v) is 11.8. The highest BCUT2D eigenvalue weighted by Crippen LogP contribution is 2.42. The lowest BCUT2D eigenvalue weighted by Gasteiger charge is -2.34. The highest BCUT2D eigenvalue weighted by molar-refractivity contribution is 6.40. The highest BCUT2D eigenvalue weighted by Gasteiger charge is 2.39. The number of amides is 1. The monoisotopic (exact) mass is 541 g/mol. The van der Waals surface area contributed by atoms with E-state index in [9.17, 15) is 19.5 Å². The number of nitrogens with zero attached hydrogens (tertiary/aromatic N) is 3. The molecule has 2 aromatic rings. The van der Waals surface area contributed by atoms with Crippen LogP contribution in [0.5, 0.6) is 0 Å². The average Bonchev–Trinajstić information content (AvgIpc) is 3.13. The molecule has 1 fully saturated rings. The van der Waals surface area contributed by atoms with Crippen molar-refractivity contribution in [1.82, 2.24) is 14.7 Å². The lowest BCUT2D eigenvalue weighted by molar-refractivity contribution is -0.150. The molecule has 3 rings (SSSR count). The van der Waals surface area contributed by atoms with Crippen molar-refractivity contribution in [2.24, 2.45) is 10.8 Å². The van der Waals surface area contributed by atoms with Gasteiger partial charge in [-0.1, -0.05) is 61.6 Å². The topological polar surface area (TPSA) is 92.5 Å². The molecule has 35 heavy (non-hydrogen) atoms. The molecule has 10 heteroatoms. The largest absolute Gasteiger partial charge is 0.481 e. The molecule has 1 aromatic carbocycles. The minimum atomic E-state index is -0.806. The van der Waals surface area contributed by atoms with E-state index in [0.717, 1.165) is 0 Å². The molecule has 0 radical (unpaired) electrons. The predicted molar refractivity (Wildman–Crippen MR) is 137 cm³/mol. The Kier molecular flexibility index (Phi) is 8.24. The summed E-state index contributed by atoms with van der Waals surface area (Å²) in [7, 11) is 0. The van der Waals surface area contributed by atoms with Crippen molar-refractivity contribution >= 4 is 52.5 Å². The van der Waals surface area contributed by atoms with Crippen molar-refractivity contribution in [2.75, 3.05) is 13.1 Å². The van der Waals surface area contributed by atoms with Gasteiger partial charge in [-0.3, -0.25) is 19.1 Å². The molecule has 1 aliphatic carbocycles. The predicted octanol–water partition coefficient (Wildman–Crippen LogP) is 6.42. The van der Waals surface area contributed by atoms with Crippen LogP contribution in [0.1, 0.15) is 80.1 Å². The summed E-state index contributed by atoms with van der Waals surface area (Å²) in [4.78, 5) is 39.7. The first-order valence-corrected chi connectivity index (χ1v) is 12.6. The fourth-order valence-corrected chi connectivity index (χ4v) is 5.32. The van der Waals surface area contributed by atoms with Crippen LogP contribution >= 0.6 is 34.8 Å². The molecule has 1 saturated carbocycles.